The summed E-state index contributed by atoms with van der Waals surface area (Å²) in [5.41, 5.74) is 6.56. The summed E-state index contributed by atoms with van der Waals surface area (Å²) in [5.74, 6) is 0.0804. The molecular formula is C13H19N5O2. The van der Waals surface area contributed by atoms with Crippen LogP contribution in [0.3, 0.4) is 0 Å². The smallest absolute Gasteiger partial charge is 0.410 e. The van der Waals surface area contributed by atoms with Gasteiger partial charge >= 0.3 is 6.09 Å². The van der Waals surface area contributed by atoms with Crippen molar-refractivity contribution in [3.63, 3.8) is 0 Å². The molecule has 20 heavy (non-hydrogen) atoms. The van der Waals surface area contributed by atoms with Crippen molar-refractivity contribution in [3.05, 3.63) is 23.3 Å². The standard InChI is InChI=1S/C13H19N5O2/c1-13(2,3)20-12(19)18-5-4-9-8(7-18)6-16-11(17-9)10(14)15/h6H,4-5,7H2,1-3H3,(H3,14,15). The summed E-state index contributed by atoms with van der Waals surface area (Å²) in [4.78, 5) is 21.9. The molecule has 1 aliphatic rings. The molecule has 3 N–H and O–H groups in total. The number of carbonyl (C=O) groups is 1. The van der Waals surface area contributed by atoms with Crippen molar-refractivity contribution in [2.24, 2.45) is 5.73 Å². The van der Waals surface area contributed by atoms with E-state index in [1.165, 1.54) is 0 Å². The van der Waals surface area contributed by atoms with Gasteiger partial charge < -0.3 is 15.4 Å². The van der Waals surface area contributed by atoms with E-state index in [9.17, 15) is 4.79 Å². The molecule has 2 rings (SSSR count). The zero-order valence-electron chi connectivity index (χ0n) is 11.9. The van der Waals surface area contributed by atoms with Crippen molar-refractivity contribution in [3.8, 4) is 0 Å². The summed E-state index contributed by atoms with van der Waals surface area (Å²) in [6.07, 6.45) is 1.89. The van der Waals surface area contributed by atoms with E-state index in [0.717, 1.165) is 11.3 Å². The molecule has 1 aliphatic heterocycles. The average Bonchev–Trinajstić information content (AvgIpc) is 2.35. The Kier molecular flexibility index (Phi) is 3.61. The number of nitrogens with two attached hydrogens (primary N) is 1. The lowest BCUT2D eigenvalue weighted by Gasteiger charge is -2.30. The Labute approximate surface area is 117 Å². The summed E-state index contributed by atoms with van der Waals surface area (Å²) in [6, 6.07) is 0. The highest BCUT2D eigenvalue weighted by molar-refractivity contribution is 5.91. The number of ether oxygens (including phenoxy) is 1. The minimum Gasteiger partial charge on any atom is -0.444 e. The van der Waals surface area contributed by atoms with Gasteiger partial charge in [0.1, 0.15) is 5.60 Å². The molecule has 7 nitrogen and oxygen atoms in total. The van der Waals surface area contributed by atoms with Gasteiger partial charge in [0.15, 0.2) is 11.7 Å². The summed E-state index contributed by atoms with van der Waals surface area (Å²) < 4.78 is 5.35. The topological polar surface area (TPSA) is 105 Å². The fourth-order valence-corrected chi connectivity index (χ4v) is 1.93. The number of rotatable bonds is 1. The number of nitrogen functional groups attached to an aromatic ring is 1. The third-order valence-corrected chi connectivity index (χ3v) is 2.83. The molecule has 0 aliphatic carbocycles. The van der Waals surface area contributed by atoms with Crippen LogP contribution < -0.4 is 5.73 Å². The van der Waals surface area contributed by atoms with Crippen LogP contribution in [0.5, 0.6) is 0 Å². The van der Waals surface area contributed by atoms with E-state index in [0.29, 0.717) is 19.5 Å². The maximum Gasteiger partial charge on any atom is 0.410 e. The van der Waals surface area contributed by atoms with E-state index in [2.05, 4.69) is 9.97 Å². The third-order valence-electron chi connectivity index (χ3n) is 2.83. The lowest BCUT2D eigenvalue weighted by atomic mass is 10.1. The second-order valence-corrected chi connectivity index (χ2v) is 5.73. The third kappa shape index (κ3) is 3.23. The van der Waals surface area contributed by atoms with Gasteiger partial charge in [0.2, 0.25) is 0 Å². The zero-order chi connectivity index (χ0) is 14.9. The molecule has 1 aromatic heterocycles. The Bertz CT molecular complexity index is 550. The van der Waals surface area contributed by atoms with Crippen LogP contribution in [0.1, 0.15) is 37.9 Å². The minimum absolute atomic E-state index is 0.151. The number of hydrogen-bond acceptors (Lipinski definition) is 5. The maximum atomic E-state index is 12.0. The predicted molar refractivity (Wildman–Crippen MR) is 73.4 cm³/mol. The van der Waals surface area contributed by atoms with Crippen molar-refractivity contribution in [1.29, 1.82) is 5.41 Å². The normalized spacial score (nSPS) is 14.7. The number of hydrogen-bond donors (Lipinski definition) is 2. The molecule has 0 spiro atoms. The number of amides is 1. The number of nitrogens with one attached hydrogen (secondary N) is 1. The lowest BCUT2D eigenvalue weighted by Crippen LogP contribution is -2.40. The van der Waals surface area contributed by atoms with Gasteiger partial charge in [-0.3, -0.25) is 5.41 Å². The minimum atomic E-state index is -0.508. The number of aromatic nitrogens is 2. The van der Waals surface area contributed by atoms with Crippen LogP contribution in [0.15, 0.2) is 6.20 Å². The molecule has 0 atom stereocenters. The van der Waals surface area contributed by atoms with E-state index in [1.54, 1.807) is 11.1 Å². The Hall–Kier alpha value is -2.18. The molecule has 7 heteroatoms. The van der Waals surface area contributed by atoms with Crippen LogP contribution in [-0.4, -0.2) is 38.9 Å². The Morgan fingerprint density at radius 3 is 2.80 bits per heavy atom. The van der Waals surface area contributed by atoms with E-state index in [1.807, 2.05) is 20.8 Å². The first kappa shape index (κ1) is 14.2. The van der Waals surface area contributed by atoms with E-state index < -0.39 is 5.60 Å². The van der Waals surface area contributed by atoms with Gasteiger partial charge in [-0.25, -0.2) is 14.8 Å². The first-order valence-corrected chi connectivity index (χ1v) is 6.43. The van der Waals surface area contributed by atoms with Gasteiger partial charge in [0.05, 0.1) is 12.2 Å². The molecule has 0 radical (unpaired) electrons. The Morgan fingerprint density at radius 2 is 2.20 bits per heavy atom. The predicted octanol–water partition coefficient (Wildman–Crippen LogP) is 1.05. The molecule has 0 unspecified atom stereocenters. The Balaban J connectivity index is 2.12. The van der Waals surface area contributed by atoms with Gasteiger partial charge in [-0.2, -0.15) is 0 Å². The molecule has 0 saturated heterocycles. The molecule has 1 aromatic rings. The van der Waals surface area contributed by atoms with Crippen molar-refractivity contribution in [2.75, 3.05) is 6.54 Å². The monoisotopic (exact) mass is 277 g/mol. The van der Waals surface area contributed by atoms with Crippen molar-refractivity contribution < 1.29 is 9.53 Å². The van der Waals surface area contributed by atoms with Crippen LogP contribution in [0, 0.1) is 5.41 Å². The first-order chi connectivity index (χ1) is 9.26. The van der Waals surface area contributed by atoms with Crippen LogP contribution >= 0.6 is 0 Å². The molecule has 0 fully saturated rings. The number of carbonyl (C=O) groups excluding carboxylic acids is 1. The highest BCUT2D eigenvalue weighted by Gasteiger charge is 2.26. The van der Waals surface area contributed by atoms with Crippen LogP contribution in [-0.2, 0) is 17.7 Å². The number of nitrogens with zero attached hydrogens (tertiary/aromatic N) is 3. The highest BCUT2D eigenvalue weighted by Crippen LogP contribution is 2.19. The summed E-state index contributed by atoms with van der Waals surface area (Å²) in [5, 5.41) is 7.33. The van der Waals surface area contributed by atoms with Gasteiger partial charge in [-0.15, -0.1) is 0 Å². The van der Waals surface area contributed by atoms with Crippen LogP contribution in [0.25, 0.3) is 0 Å². The highest BCUT2D eigenvalue weighted by atomic mass is 16.6. The quantitative estimate of drug-likeness (QED) is 0.589. The molecular weight excluding hydrogens is 258 g/mol. The number of amidine groups is 1. The van der Waals surface area contributed by atoms with E-state index >= 15 is 0 Å². The van der Waals surface area contributed by atoms with Crippen molar-refractivity contribution in [2.45, 2.75) is 39.3 Å². The number of fused-ring (bicyclic) bond motifs is 1. The summed E-state index contributed by atoms with van der Waals surface area (Å²) in [6.45, 7) is 6.47. The molecule has 2 heterocycles. The second kappa shape index (κ2) is 5.07. The molecule has 0 bridgehead atoms. The van der Waals surface area contributed by atoms with E-state index in [4.69, 9.17) is 15.9 Å². The summed E-state index contributed by atoms with van der Waals surface area (Å²) >= 11 is 0. The van der Waals surface area contributed by atoms with E-state index in [-0.39, 0.29) is 17.8 Å². The molecule has 0 aromatic carbocycles. The Morgan fingerprint density at radius 1 is 1.50 bits per heavy atom. The molecule has 108 valence electrons. The SMILES string of the molecule is CC(C)(C)OC(=O)N1CCc2nc(C(=N)N)ncc2C1. The summed E-state index contributed by atoms with van der Waals surface area (Å²) in [7, 11) is 0. The molecule has 1 amide bonds. The van der Waals surface area contributed by atoms with Gasteiger partial charge in [-0.1, -0.05) is 0 Å². The average molecular weight is 277 g/mol. The maximum absolute atomic E-state index is 12.0. The van der Waals surface area contributed by atoms with Crippen LogP contribution in [0.4, 0.5) is 4.79 Å². The van der Waals surface area contributed by atoms with Gasteiger partial charge in [0.25, 0.3) is 0 Å². The van der Waals surface area contributed by atoms with Gasteiger partial charge in [-0.05, 0) is 20.8 Å². The zero-order valence-corrected chi connectivity index (χ0v) is 11.9. The van der Waals surface area contributed by atoms with Crippen molar-refractivity contribution in [1.82, 2.24) is 14.9 Å². The fraction of sp³-hybridized carbons (Fsp3) is 0.538. The lowest BCUT2D eigenvalue weighted by molar-refractivity contribution is 0.0222. The van der Waals surface area contributed by atoms with Crippen LogP contribution in [0.2, 0.25) is 0 Å². The largest absolute Gasteiger partial charge is 0.444 e. The fourth-order valence-electron chi connectivity index (χ4n) is 1.93. The second-order valence-electron chi connectivity index (χ2n) is 5.73. The molecule has 0 saturated carbocycles. The first-order valence-electron chi connectivity index (χ1n) is 6.43. The van der Waals surface area contributed by atoms with Crippen molar-refractivity contribution >= 4 is 11.9 Å². The van der Waals surface area contributed by atoms with Gasteiger partial charge in [0, 0.05) is 24.7 Å².